The van der Waals surface area contributed by atoms with Gasteiger partial charge in [-0.25, -0.2) is 0 Å². The fourth-order valence-electron chi connectivity index (χ4n) is 3.00. The molecule has 20 heavy (non-hydrogen) atoms. The second-order valence-corrected chi connectivity index (χ2v) is 6.06. The second-order valence-electron chi connectivity index (χ2n) is 5.28. The molecule has 0 amide bonds. The van der Waals surface area contributed by atoms with Gasteiger partial charge in [0.2, 0.25) is 0 Å². The minimum absolute atomic E-state index is 0.0183. The lowest BCUT2D eigenvalue weighted by Gasteiger charge is -2.12. The van der Waals surface area contributed by atoms with E-state index >= 15 is 0 Å². The van der Waals surface area contributed by atoms with Crippen LogP contribution in [0.3, 0.4) is 0 Å². The molecule has 0 aliphatic heterocycles. The predicted octanol–water partition coefficient (Wildman–Crippen LogP) is 4.37. The van der Waals surface area contributed by atoms with E-state index < -0.39 is 0 Å². The van der Waals surface area contributed by atoms with Crippen molar-refractivity contribution >= 4 is 11.3 Å². The maximum Gasteiger partial charge on any atom is 0.0559 e. The van der Waals surface area contributed by atoms with Crippen LogP contribution in [0.15, 0.2) is 59.3 Å². The molecule has 1 nitrogen and oxygen atoms in total. The molecule has 2 aromatic carbocycles. The quantitative estimate of drug-likeness (QED) is 0.578. The Balaban J connectivity index is 1.75. The van der Waals surface area contributed by atoms with E-state index in [-0.39, 0.29) is 6.04 Å². The van der Waals surface area contributed by atoms with Gasteiger partial charge in [0.15, 0.2) is 0 Å². The van der Waals surface area contributed by atoms with Gasteiger partial charge in [-0.3, -0.25) is 0 Å². The number of rotatable bonds is 2. The molecule has 1 atom stereocenters. The molecule has 0 bridgehead atoms. The number of benzene rings is 2. The van der Waals surface area contributed by atoms with Crippen molar-refractivity contribution < 1.29 is 0 Å². The summed E-state index contributed by atoms with van der Waals surface area (Å²) in [5, 5.41) is 4.21. The summed E-state index contributed by atoms with van der Waals surface area (Å²) >= 11 is 1.70. The van der Waals surface area contributed by atoms with Crippen molar-refractivity contribution in [1.82, 2.24) is 0 Å². The maximum absolute atomic E-state index is 6.37. The molecule has 1 aliphatic carbocycles. The monoisotopic (exact) mass is 277 g/mol. The van der Waals surface area contributed by atoms with E-state index in [1.807, 2.05) is 0 Å². The Kier molecular flexibility index (Phi) is 2.72. The van der Waals surface area contributed by atoms with Crippen LogP contribution in [0.2, 0.25) is 0 Å². The lowest BCUT2D eigenvalue weighted by molar-refractivity contribution is 0.875. The van der Waals surface area contributed by atoms with Gasteiger partial charge in [0.1, 0.15) is 0 Å². The molecule has 1 aliphatic rings. The lowest BCUT2D eigenvalue weighted by Crippen LogP contribution is -2.11. The van der Waals surface area contributed by atoms with Crippen LogP contribution in [-0.2, 0) is 6.42 Å². The Morgan fingerprint density at radius 2 is 1.75 bits per heavy atom. The highest BCUT2D eigenvalue weighted by Gasteiger charge is 2.19. The van der Waals surface area contributed by atoms with Crippen LogP contribution >= 0.6 is 11.3 Å². The average Bonchev–Trinajstić information content (AvgIpc) is 3.13. The van der Waals surface area contributed by atoms with Crippen LogP contribution in [-0.4, -0.2) is 0 Å². The van der Waals surface area contributed by atoms with Crippen LogP contribution in [0, 0.1) is 0 Å². The van der Waals surface area contributed by atoms with Gasteiger partial charge in [-0.15, -0.1) is 0 Å². The van der Waals surface area contributed by atoms with Crippen LogP contribution in [0.1, 0.15) is 28.3 Å². The van der Waals surface area contributed by atoms with Gasteiger partial charge in [0.25, 0.3) is 0 Å². The minimum Gasteiger partial charge on any atom is -0.320 e. The van der Waals surface area contributed by atoms with Crippen molar-refractivity contribution in [2.75, 3.05) is 0 Å². The van der Waals surface area contributed by atoms with Gasteiger partial charge in [-0.05, 0) is 56.6 Å². The third-order valence-electron chi connectivity index (χ3n) is 4.08. The Morgan fingerprint density at radius 3 is 2.60 bits per heavy atom. The maximum atomic E-state index is 6.37. The highest BCUT2D eigenvalue weighted by Crippen LogP contribution is 2.37. The molecule has 98 valence electrons. The number of thiophene rings is 1. The number of nitrogens with two attached hydrogens (primary N) is 1. The lowest BCUT2D eigenvalue weighted by atomic mass is 9.97. The van der Waals surface area contributed by atoms with Gasteiger partial charge in [0, 0.05) is 0 Å². The third kappa shape index (κ3) is 1.80. The van der Waals surface area contributed by atoms with Crippen molar-refractivity contribution in [3.63, 3.8) is 0 Å². The number of fused-ring (bicyclic) bond motifs is 3. The van der Waals surface area contributed by atoms with Crippen LogP contribution < -0.4 is 5.73 Å². The molecular formula is C18H15NS. The van der Waals surface area contributed by atoms with E-state index in [0.29, 0.717) is 0 Å². The molecule has 0 unspecified atom stereocenters. The normalized spacial score (nSPS) is 13.8. The van der Waals surface area contributed by atoms with Crippen molar-refractivity contribution in [3.8, 4) is 11.1 Å². The molecule has 0 radical (unpaired) electrons. The second kappa shape index (κ2) is 4.58. The van der Waals surface area contributed by atoms with E-state index in [9.17, 15) is 0 Å². The first-order valence-corrected chi connectivity index (χ1v) is 7.76. The zero-order valence-electron chi connectivity index (χ0n) is 11.0. The SMILES string of the molecule is N[C@@H](c1ccsc1)c1ccc2c(c1)Cc1ccccc1-2. The molecule has 4 rings (SSSR count). The van der Waals surface area contributed by atoms with E-state index in [4.69, 9.17) is 5.73 Å². The Labute approximate surface area is 122 Å². The molecule has 3 aromatic rings. The van der Waals surface area contributed by atoms with Crippen LogP contribution in [0.25, 0.3) is 11.1 Å². The summed E-state index contributed by atoms with van der Waals surface area (Å²) in [6, 6.07) is 17.4. The molecular weight excluding hydrogens is 262 g/mol. The summed E-state index contributed by atoms with van der Waals surface area (Å²) in [6.07, 6.45) is 1.02. The summed E-state index contributed by atoms with van der Waals surface area (Å²) in [4.78, 5) is 0. The largest absolute Gasteiger partial charge is 0.320 e. The zero-order valence-corrected chi connectivity index (χ0v) is 11.9. The van der Waals surface area contributed by atoms with Crippen molar-refractivity contribution in [2.45, 2.75) is 12.5 Å². The minimum atomic E-state index is -0.0183. The molecule has 1 aromatic heterocycles. The molecule has 2 N–H and O–H groups in total. The molecule has 2 heteroatoms. The fraction of sp³-hybridized carbons (Fsp3) is 0.111. The van der Waals surface area contributed by atoms with Crippen molar-refractivity contribution in [2.24, 2.45) is 5.73 Å². The van der Waals surface area contributed by atoms with Gasteiger partial charge < -0.3 is 5.73 Å². The van der Waals surface area contributed by atoms with Crippen molar-refractivity contribution in [1.29, 1.82) is 0 Å². The average molecular weight is 277 g/mol. The molecule has 0 fully saturated rings. The highest BCUT2D eigenvalue weighted by atomic mass is 32.1. The Bertz CT molecular complexity index is 759. The zero-order chi connectivity index (χ0) is 13.5. The molecule has 1 heterocycles. The summed E-state index contributed by atoms with van der Waals surface area (Å²) < 4.78 is 0. The third-order valence-corrected chi connectivity index (χ3v) is 4.78. The van der Waals surface area contributed by atoms with Gasteiger partial charge >= 0.3 is 0 Å². The highest BCUT2D eigenvalue weighted by molar-refractivity contribution is 7.08. The summed E-state index contributed by atoms with van der Waals surface area (Å²) in [7, 11) is 0. The summed E-state index contributed by atoms with van der Waals surface area (Å²) in [5.41, 5.74) is 14.3. The smallest absolute Gasteiger partial charge is 0.0559 e. The van der Waals surface area contributed by atoms with Crippen LogP contribution in [0.4, 0.5) is 0 Å². The first-order chi connectivity index (χ1) is 9.83. The van der Waals surface area contributed by atoms with Gasteiger partial charge in [-0.1, -0.05) is 42.5 Å². The predicted molar refractivity (Wildman–Crippen MR) is 85.0 cm³/mol. The number of hydrogen-bond donors (Lipinski definition) is 1. The fourth-order valence-corrected chi connectivity index (χ4v) is 3.70. The molecule has 0 spiro atoms. The van der Waals surface area contributed by atoms with E-state index in [1.54, 1.807) is 11.3 Å². The van der Waals surface area contributed by atoms with Gasteiger partial charge in [0.05, 0.1) is 6.04 Å². The first kappa shape index (κ1) is 11.9. The van der Waals surface area contributed by atoms with E-state index in [0.717, 1.165) is 6.42 Å². The number of hydrogen-bond acceptors (Lipinski definition) is 2. The summed E-state index contributed by atoms with van der Waals surface area (Å²) in [5.74, 6) is 0. The first-order valence-electron chi connectivity index (χ1n) is 6.82. The summed E-state index contributed by atoms with van der Waals surface area (Å²) in [6.45, 7) is 0. The molecule has 0 saturated heterocycles. The van der Waals surface area contributed by atoms with Crippen molar-refractivity contribution in [3.05, 3.63) is 81.5 Å². The Morgan fingerprint density at radius 1 is 0.900 bits per heavy atom. The van der Waals surface area contributed by atoms with Crippen LogP contribution in [0.5, 0.6) is 0 Å². The molecule has 0 saturated carbocycles. The topological polar surface area (TPSA) is 26.0 Å². The van der Waals surface area contributed by atoms with E-state index in [2.05, 4.69) is 59.3 Å². The standard InChI is InChI=1S/C18H15NS/c19-18(14-7-8-20-11-14)13-5-6-17-15(10-13)9-12-3-1-2-4-16(12)17/h1-8,10-11,18H,9,19H2/t18-/m1/s1. The Hall–Kier alpha value is -1.90. The van der Waals surface area contributed by atoms with Gasteiger partial charge in [-0.2, -0.15) is 11.3 Å². The van der Waals surface area contributed by atoms with E-state index in [1.165, 1.54) is 33.4 Å².